The first-order valence-corrected chi connectivity index (χ1v) is 10.8. The third-order valence-electron chi connectivity index (χ3n) is 5.32. The molecule has 4 rings (SSSR count). The van der Waals surface area contributed by atoms with Crippen LogP contribution in [0, 0.1) is 0 Å². The maximum atomic E-state index is 13.2. The minimum atomic E-state index is 0. The van der Waals surface area contributed by atoms with Crippen molar-refractivity contribution in [1.82, 2.24) is 15.1 Å². The van der Waals surface area contributed by atoms with E-state index in [-0.39, 0.29) is 18.3 Å². The van der Waals surface area contributed by atoms with Gasteiger partial charge in [-0.05, 0) is 67.7 Å². The van der Waals surface area contributed by atoms with E-state index in [1.807, 2.05) is 6.07 Å². The Bertz CT molecular complexity index is 917. The summed E-state index contributed by atoms with van der Waals surface area (Å²) in [7, 11) is 4.11. The summed E-state index contributed by atoms with van der Waals surface area (Å²) in [5, 5.41) is 5.29. The lowest BCUT2D eigenvalue weighted by molar-refractivity contribution is -0.117. The van der Waals surface area contributed by atoms with Gasteiger partial charge in [-0.2, -0.15) is 0 Å². The zero-order valence-electron chi connectivity index (χ0n) is 17.0. The zero-order chi connectivity index (χ0) is 19.5. The third kappa shape index (κ3) is 4.74. The number of amides is 1. The highest BCUT2D eigenvalue weighted by molar-refractivity contribution is 7.11. The fraction of sp³-hybridized carbons (Fsp3) is 0.348. The minimum Gasteiger partial charge on any atom is -0.365 e. The van der Waals surface area contributed by atoms with Gasteiger partial charge in [-0.1, -0.05) is 30.3 Å². The fourth-order valence-corrected chi connectivity index (χ4v) is 4.93. The average molecular weight is 430 g/mol. The van der Waals surface area contributed by atoms with E-state index >= 15 is 0 Å². The number of hydrogen-bond donors (Lipinski definition) is 1. The molecule has 0 atom stereocenters. The first-order valence-electron chi connectivity index (χ1n) is 9.88. The normalized spacial score (nSPS) is 15.4. The van der Waals surface area contributed by atoms with E-state index in [9.17, 15) is 4.79 Å². The number of benzene rings is 1. The molecule has 0 radical (unpaired) electrons. The highest BCUT2D eigenvalue weighted by Crippen LogP contribution is 2.40. The monoisotopic (exact) mass is 429 g/mol. The number of carbonyl (C=O) groups excluding carboxylic acids is 1. The molecule has 4 nitrogen and oxygen atoms in total. The van der Waals surface area contributed by atoms with Crippen LogP contribution in [0.25, 0.3) is 11.3 Å². The number of nitrogens with zero attached hydrogens (tertiary/aromatic N) is 2. The van der Waals surface area contributed by atoms with Crippen molar-refractivity contribution >= 4 is 40.9 Å². The summed E-state index contributed by atoms with van der Waals surface area (Å²) in [5.74, 6) is 0.0353. The lowest BCUT2D eigenvalue weighted by atomic mass is 9.92. The van der Waals surface area contributed by atoms with E-state index in [0.717, 1.165) is 43.7 Å². The van der Waals surface area contributed by atoms with Gasteiger partial charge in [0.1, 0.15) is 0 Å². The lowest BCUT2D eigenvalue weighted by Crippen LogP contribution is -2.37. The molecule has 0 fully saturated rings. The van der Waals surface area contributed by atoms with Crippen molar-refractivity contribution in [3.63, 3.8) is 0 Å². The Balaban J connectivity index is 0.00000240. The van der Waals surface area contributed by atoms with Crippen LogP contribution in [0.3, 0.4) is 0 Å². The molecule has 2 aliphatic rings. The topological polar surface area (TPSA) is 35.6 Å². The number of hydrogen-bond acceptors (Lipinski definition) is 4. The number of fused-ring (bicyclic) bond motifs is 3. The quantitative estimate of drug-likeness (QED) is 0.707. The SMILES string of the molecule is CN(C)CCCNC(=O)C1=C2c3sccc3CCN2CC(c2ccccc2)=C1.Cl. The fourth-order valence-electron chi connectivity index (χ4n) is 3.89. The van der Waals surface area contributed by atoms with Crippen LogP contribution in [0.5, 0.6) is 0 Å². The predicted octanol–water partition coefficient (Wildman–Crippen LogP) is 3.90. The van der Waals surface area contributed by atoms with Crippen LogP contribution in [-0.4, -0.2) is 56.0 Å². The molecule has 1 N–H and O–H groups in total. The predicted molar refractivity (Wildman–Crippen MR) is 124 cm³/mol. The van der Waals surface area contributed by atoms with Crippen LogP contribution < -0.4 is 5.32 Å². The van der Waals surface area contributed by atoms with Crippen molar-refractivity contribution in [2.24, 2.45) is 0 Å². The molecule has 1 aromatic carbocycles. The second-order valence-electron chi connectivity index (χ2n) is 7.66. The summed E-state index contributed by atoms with van der Waals surface area (Å²) in [4.78, 5) is 18.9. The third-order valence-corrected chi connectivity index (χ3v) is 6.28. The van der Waals surface area contributed by atoms with Gasteiger partial charge in [-0.3, -0.25) is 4.79 Å². The van der Waals surface area contributed by atoms with Gasteiger partial charge < -0.3 is 15.1 Å². The Labute approximate surface area is 183 Å². The Morgan fingerprint density at radius 2 is 2.00 bits per heavy atom. The molecular weight excluding hydrogens is 402 g/mol. The number of rotatable bonds is 6. The summed E-state index contributed by atoms with van der Waals surface area (Å²) in [6.07, 6.45) is 4.10. The van der Waals surface area contributed by atoms with E-state index in [1.54, 1.807) is 11.3 Å². The van der Waals surface area contributed by atoms with Gasteiger partial charge in [0.15, 0.2) is 0 Å². The molecule has 0 spiro atoms. The lowest BCUT2D eigenvalue weighted by Gasteiger charge is -2.36. The van der Waals surface area contributed by atoms with Gasteiger partial charge in [0.25, 0.3) is 5.91 Å². The molecule has 1 amide bonds. The van der Waals surface area contributed by atoms with Crippen LogP contribution in [0.1, 0.15) is 22.4 Å². The number of nitrogens with one attached hydrogen (secondary N) is 1. The summed E-state index contributed by atoms with van der Waals surface area (Å²) in [5.41, 5.74) is 5.68. The Kier molecular flexibility index (Phi) is 7.17. The van der Waals surface area contributed by atoms with Crippen molar-refractivity contribution in [2.45, 2.75) is 12.8 Å². The molecule has 2 aromatic rings. The minimum absolute atomic E-state index is 0. The second-order valence-corrected chi connectivity index (χ2v) is 8.57. The van der Waals surface area contributed by atoms with E-state index in [0.29, 0.717) is 6.54 Å². The number of halogens is 1. The van der Waals surface area contributed by atoms with Crippen LogP contribution in [0.2, 0.25) is 0 Å². The van der Waals surface area contributed by atoms with E-state index in [2.05, 4.69) is 71.0 Å². The second kappa shape index (κ2) is 9.61. The van der Waals surface area contributed by atoms with Crippen molar-refractivity contribution in [3.8, 4) is 0 Å². The van der Waals surface area contributed by atoms with Gasteiger partial charge >= 0.3 is 0 Å². The maximum Gasteiger partial charge on any atom is 0.253 e. The number of thiophene rings is 1. The van der Waals surface area contributed by atoms with Gasteiger partial charge in [0.2, 0.25) is 0 Å². The van der Waals surface area contributed by atoms with Crippen LogP contribution in [0.15, 0.2) is 53.4 Å². The molecule has 1 aromatic heterocycles. The van der Waals surface area contributed by atoms with Crippen molar-refractivity contribution < 1.29 is 4.79 Å². The largest absolute Gasteiger partial charge is 0.365 e. The van der Waals surface area contributed by atoms with Gasteiger partial charge in [0.05, 0.1) is 16.1 Å². The summed E-state index contributed by atoms with van der Waals surface area (Å²) >= 11 is 1.75. The maximum absolute atomic E-state index is 13.2. The molecule has 154 valence electrons. The van der Waals surface area contributed by atoms with Crippen LogP contribution >= 0.6 is 23.7 Å². The Hall–Kier alpha value is -2.08. The molecule has 3 heterocycles. The van der Waals surface area contributed by atoms with E-state index < -0.39 is 0 Å². The van der Waals surface area contributed by atoms with Crippen LogP contribution in [0.4, 0.5) is 0 Å². The van der Waals surface area contributed by atoms with Crippen molar-refractivity contribution in [2.75, 3.05) is 40.3 Å². The highest BCUT2D eigenvalue weighted by Gasteiger charge is 2.31. The molecule has 29 heavy (non-hydrogen) atoms. The molecule has 0 bridgehead atoms. The molecule has 0 unspecified atom stereocenters. The van der Waals surface area contributed by atoms with E-state index in [4.69, 9.17) is 0 Å². The molecule has 0 saturated carbocycles. The zero-order valence-corrected chi connectivity index (χ0v) is 18.6. The van der Waals surface area contributed by atoms with E-state index in [1.165, 1.54) is 21.6 Å². The molecule has 0 aliphatic carbocycles. The van der Waals surface area contributed by atoms with Crippen molar-refractivity contribution in [3.05, 3.63) is 69.4 Å². The Morgan fingerprint density at radius 1 is 1.21 bits per heavy atom. The molecule has 2 aliphatic heterocycles. The first-order chi connectivity index (χ1) is 13.6. The number of carbonyl (C=O) groups is 1. The van der Waals surface area contributed by atoms with Crippen LogP contribution in [-0.2, 0) is 11.2 Å². The van der Waals surface area contributed by atoms with Gasteiger partial charge in [-0.15, -0.1) is 23.7 Å². The summed E-state index contributed by atoms with van der Waals surface area (Å²) in [6, 6.07) is 12.6. The standard InChI is InChI=1S/C23H27N3OS.ClH/c1-25(2)12-6-11-24-23(27)20-15-19(17-7-4-3-5-8-17)16-26-13-9-18-10-14-28-22(18)21(20)26;/h3-5,7-8,10,14-15H,6,9,11-13,16H2,1-2H3,(H,24,27);1H. The smallest absolute Gasteiger partial charge is 0.253 e. The molecule has 6 heteroatoms. The van der Waals surface area contributed by atoms with Gasteiger partial charge in [0, 0.05) is 19.6 Å². The molecular formula is C23H28ClN3OS. The first kappa shape index (κ1) is 21.6. The highest BCUT2D eigenvalue weighted by atomic mass is 35.5. The molecule has 0 saturated heterocycles. The summed E-state index contributed by atoms with van der Waals surface area (Å²) < 4.78 is 0. The Morgan fingerprint density at radius 3 is 2.76 bits per heavy atom. The average Bonchev–Trinajstić information content (AvgIpc) is 3.19. The van der Waals surface area contributed by atoms with Crippen molar-refractivity contribution in [1.29, 1.82) is 0 Å². The van der Waals surface area contributed by atoms with Gasteiger partial charge in [-0.25, -0.2) is 0 Å². The summed E-state index contributed by atoms with van der Waals surface area (Å²) in [6.45, 7) is 3.48.